The quantitative estimate of drug-likeness (QED) is 0.435. The fraction of sp³-hybridized carbons (Fsp3) is 0.577. The van der Waals surface area contributed by atoms with Gasteiger partial charge in [-0.15, -0.1) is 0 Å². The van der Waals surface area contributed by atoms with E-state index in [1.165, 1.54) is 0 Å². The van der Waals surface area contributed by atoms with E-state index in [9.17, 15) is 9.59 Å². The van der Waals surface area contributed by atoms with Gasteiger partial charge in [-0.25, -0.2) is 4.98 Å². The maximum Gasteiger partial charge on any atom is 0.226 e. The highest BCUT2D eigenvalue weighted by atomic mass is 35.5. The van der Waals surface area contributed by atoms with Crippen LogP contribution in [0.3, 0.4) is 0 Å². The Balaban J connectivity index is 1.46. The van der Waals surface area contributed by atoms with Gasteiger partial charge >= 0.3 is 0 Å². The largest absolute Gasteiger partial charge is 0.359 e. The summed E-state index contributed by atoms with van der Waals surface area (Å²) >= 11 is 6.20. The van der Waals surface area contributed by atoms with Gasteiger partial charge in [-0.3, -0.25) is 9.59 Å². The molecule has 3 aliphatic rings. The number of carbonyl (C=O) groups is 2. The molecule has 0 unspecified atom stereocenters. The highest BCUT2D eigenvalue weighted by Gasteiger charge is 2.45. The van der Waals surface area contributed by atoms with Crippen LogP contribution in [0.1, 0.15) is 68.8 Å². The molecule has 2 bridgehead atoms. The third-order valence-corrected chi connectivity index (χ3v) is 8.00. The Morgan fingerprint density at radius 2 is 1.91 bits per heavy atom. The first-order chi connectivity index (χ1) is 16.4. The SMILES string of the molecule is CNC(=O)CCCCC[C@H](NC(=O)C12CCN(CC1)CC2)c1ncc(-c2ccc(Cl)c(C)c2)[nH]1. The summed E-state index contributed by atoms with van der Waals surface area (Å²) < 4.78 is 0. The molecule has 8 heteroatoms. The number of hydrogen-bond acceptors (Lipinski definition) is 4. The molecule has 0 spiro atoms. The van der Waals surface area contributed by atoms with Crippen LogP contribution >= 0.6 is 11.6 Å². The molecule has 1 atom stereocenters. The van der Waals surface area contributed by atoms with Crippen molar-refractivity contribution in [1.29, 1.82) is 0 Å². The molecule has 1 aromatic carbocycles. The average Bonchev–Trinajstić information content (AvgIpc) is 3.36. The predicted molar refractivity (Wildman–Crippen MR) is 135 cm³/mol. The molecule has 3 fully saturated rings. The molecule has 34 heavy (non-hydrogen) atoms. The summed E-state index contributed by atoms with van der Waals surface area (Å²) in [5, 5.41) is 6.77. The van der Waals surface area contributed by atoms with E-state index in [0.29, 0.717) is 6.42 Å². The number of hydrogen-bond donors (Lipinski definition) is 3. The molecule has 3 saturated heterocycles. The summed E-state index contributed by atoms with van der Waals surface area (Å²) in [4.78, 5) is 35.6. The van der Waals surface area contributed by atoms with Gasteiger partial charge in [-0.05, 0) is 81.9 Å². The number of imidazole rings is 1. The van der Waals surface area contributed by atoms with E-state index in [-0.39, 0.29) is 23.3 Å². The van der Waals surface area contributed by atoms with Gasteiger partial charge < -0.3 is 20.5 Å². The minimum Gasteiger partial charge on any atom is -0.359 e. The van der Waals surface area contributed by atoms with Crippen molar-refractivity contribution in [2.24, 2.45) is 5.41 Å². The van der Waals surface area contributed by atoms with Gasteiger partial charge in [0.2, 0.25) is 11.8 Å². The molecule has 5 rings (SSSR count). The van der Waals surface area contributed by atoms with Crippen LogP contribution in [-0.2, 0) is 9.59 Å². The number of fused-ring (bicyclic) bond motifs is 3. The molecule has 2 aromatic rings. The van der Waals surface area contributed by atoms with Crippen LogP contribution in [0.25, 0.3) is 11.3 Å². The van der Waals surface area contributed by atoms with Gasteiger partial charge in [0.15, 0.2) is 0 Å². The summed E-state index contributed by atoms with van der Waals surface area (Å²) in [6.45, 7) is 5.02. The third-order valence-electron chi connectivity index (χ3n) is 7.58. The number of unbranched alkanes of at least 4 members (excludes halogenated alkanes) is 2. The fourth-order valence-electron chi connectivity index (χ4n) is 5.16. The normalized spacial score (nSPS) is 22.4. The highest BCUT2D eigenvalue weighted by molar-refractivity contribution is 6.31. The van der Waals surface area contributed by atoms with E-state index in [4.69, 9.17) is 11.6 Å². The first kappa shape index (κ1) is 24.7. The summed E-state index contributed by atoms with van der Waals surface area (Å²) in [6, 6.07) is 5.74. The molecule has 4 heterocycles. The summed E-state index contributed by atoms with van der Waals surface area (Å²) in [6.07, 6.45) is 8.65. The van der Waals surface area contributed by atoms with E-state index in [1.807, 2.05) is 31.3 Å². The van der Waals surface area contributed by atoms with Crippen molar-refractivity contribution in [1.82, 2.24) is 25.5 Å². The second-order valence-electron chi connectivity index (χ2n) is 9.82. The fourth-order valence-corrected chi connectivity index (χ4v) is 5.28. The van der Waals surface area contributed by atoms with Crippen LogP contribution in [0.15, 0.2) is 24.4 Å². The molecule has 2 amide bonds. The number of benzene rings is 1. The van der Waals surface area contributed by atoms with Crippen molar-refractivity contribution in [3.05, 3.63) is 40.8 Å². The standard InChI is InChI=1S/C26H36ClN5O2/c1-18-16-19(8-9-20(18)27)22-17-29-24(30-22)21(6-4-3-5-7-23(33)28-2)31-25(34)26-10-13-32(14-11-26)15-12-26/h8-9,16-17,21H,3-7,10-15H2,1-2H3,(H,28,33)(H,29,30)(H,31,34)/t21-/m0/s1. The number of aromatic amines is 1. The minimum atomic E-state index is -0.241. The summed E-state index contributed by atoms with van der Waals surface area (Å²) in [5.74, 6) is 1.02. The second kappa shape index (κ2) is 10.9. The van der Waals surface area contributed by atoms with Gasteiger partial charge in [0.25, 0.3) is 0 Å². The van der Waals surface area contributed by atoms with Crippen molar-refractivity contribution in [2.45, 2.75) is 64.3 Å². The Morgan fingerprint density at radius 1 is 1.18 bits per heavy atom. The number of piperidine rings is 3. The number of carbonyl (C=O) groups excluding carboxylic acids is 2. The van der Waals surface area contributed by atoms with Crippen molar-refractivity contribution >= 4 is 23.4 Å². The van der Waals surface area contributed by atoms with Crippen LogP contribution in [0.4, 0.5) is 0 Å². The average molecular weight is 486 g/mol. The van der Waals surface area contributed by atoms with E-state index >= 15 is 0 Å². The Morgan fingerprint density at radius 3 is 2.59 bits per heavy atom. The number of amides is 2. The zero-order valence-electron chi connectivity index (χ0n) is 20.3. The van der Waals surface area contributed by atoms with Gasteiger partial charge in [0, 0.05) is 18.5 Å². The van der Waals surface area contributed by atoms with Crippen LogP contribution in [-0.4, -0.2) is 53.4 Å². The molecule has 3 aliphatic heterocycles. The Bertz CT molecular complexity index is 999. The maximum absolute atomic E-state index is 13.5. The van der Waals surface area contributed by atoms with Gasteiger partial charge in [0.05, 0.1) is 23.3 Å². The lowest BCUT2D eigenvalue weighted by molar-refractivity contribution is -0.139. The number of aryl methyl sites for hydroxylation is 1. The number of nitrogens with one attached hydrogen (secondary N) is 3. The van der Waals surface area contributed by atoms with Gasteiger partial charge in [-0.2, -0.15) is 0 Å². The number of rotatable bonds is 10. The van der Waals surface area contributed by atoms with Gasteiger partial charge in [-0.1, -0.05) is 30.5 Å². The number of H-pyrrole nitrogens is 1. The van der Waals surface area contributed by atoms with Crippen molar-refractivity contribution in [3.63, 3.8) is 0 Å². The Labute approximate surface area is 207 Å². The molecular formula is C26H36ClN5O2. The first-order valence-electron chi connectivity index (χ1n) is 12.5. The molecule has 3 N–H and O–H groups in total. The highest BCUT2D eigenvalue weighted by Crippen LogP contribution is 2.41. The monoisotopic (exact) mass is 485 g/mol. The lowest BCUT2D eigenvalue weighted by Crippen LogP contribution is -2.55. The van der Waals surface area contributed by atoms with Gasteiger partial charge in [0.1, 0.15) is 5.82 Å². The minimum absolute atomic E-state index is 0.0709. The lowest BCUT2D eigenvalue weighted by atomic mass is 9.71. The zero-order chi connectivity index (χ0) is 24.1. The molecular weight excluding hydrogens is 450 g/mol. The maximum atomic E-state index is 13.5. The summed E-state index contributed by atoms with van der Waals surface area (Å²) in [5.41, 5.74) is 2.71. The topological polar surface area (TPSA) is 90.1 Å². The molecule has 1 aromatic heterocycles. The second-order valence-corrected chi connectivity index (χ2v) is 10.2. The van der Waals surface area contributed by atoms with Crippen LogP contribution in [0.2, 0.25) is 5.02 Å². The van der Waals surface area contributed by atoms with Crippen LogP contribution in [0.5, 0.6) is 0 Å². The van der Waals surface area contributed by atoms with E-state index < -0.39 is 0 Å². The smallest absolute Gasteiger partial charge is 0.226 e. The van der Waals surface area contributed by atoms with Crippen molar-refractivity contribution in [3.8, 4) is 11.3 Å². The number of halogens is 1. The number of aromatic nitrogens is 2. The van der Waals surface area contributed by atoms with Crippen molar-refractivity contribution < 1.29 is 9.59 Å². The van der Waals surface area contributed by atoms with E-state index in [1.54, 1.807) is 7.05 Å². The van der Waals surface area contributed by atoms with Crippen molar-refractivity contribution in [2.75, 3.05) is 26.7 Å². The third kappa shape index (κ3) is 5.63. The predicted octanol–water partition coefficient (Wildman–Crippen LogP) is 4.38. The van der Waals surface area contributed by atoms with E-state index in [0.717, 1.165) is 92.2 Å². The van der Waals surface area contributed by atoms with Crippen LogP contribution in [0, 0.1) is 12.3 Å². The Kier molecular flexibility index (Phi) is 7.94. The lowest BCUT2D eigenvalue weighted by Gasteiger charge is -2.47. The molecule has 184 valence electrons. The molecule has 0 saturated carbocycles. The Hall–Kier alpha value is -2.38. The van der Waals surface area contributed by atoms with E-state index in [2.05, 4.69) is 25.5 Å². The first-order valence-corrected chi connectivity index (χ1v) is 12.8. The zero-order valence-corrected chi connectivity index (χ0v) is 21.0. The summed E-state index contributed by atoms with van der Waals surface area (Å²) in [7, 11) is 1.67. The molecule has 0 radical (unpaired) electrons. The number of nitrogens with zero attached hydrogens (tertiary/aromatic N) is 2. The molecule has 0 aliphatic carbocycles. The van der Waals surface area contributed by atoms with Crippen LogP contribution < -0.4 is 10.6 Å². The molecule has 7 nitrogen and oxygen atoms in total.